The molecule has 0 saturated heterocycles. The Morgan fingerprint density at radius 2 is 1.57 bits per heavy atom. The van der Waals surface area contributed by atoms with Crippen molar-refractivity contribution >= 4 is 23.5 Å². The second-order valence-corrected chi connectivity index (χ2v) is 6.38. The van der Waals surface area contributed by atoms with E-state index >= 15 is 0 Å². The average Bonchev–Trinajstić information content (AvgIpc) is 2.40. The van der Waals surface area contributed by atoms with Gasteiger partial charge >= 0.3 is 11.9 Å². The highest BCUT2D eigenvalue weighted by atomic mass is 35.5. The van der Waals surface area contributed by atoms with Crippen LogP contribution in [0.2, 0.25) is 5.02 Å². The summed E-state index contributed by atoms with van der Waals surface area (Å²) in [7, 11) is 0. The summed E-state index contributed by atoms with van der Waals surface area (Å²) in [6.07, 6.45) is 0. The van der Waals surface area contributed by atoms with Crippen molar-refractivity contribution in [1.29, 1.82) is 0 Å². The molecule has 0 fully saturated rings. The van der Waals surface area contributed by atoms with Crippen LogP contribution < -0.4 is 10.1 Å². The van der Waals surface area contributed by atoms with E-state index in [0.717, 1.165) is 28.4 Å². The Morgan fingerprint density at radius 1 is 1.13 bits per heavy atom. The van der Waals surface area contributed by atoms with Gasteiger partial charge < -0.3 is 20.3 Å². The highest BCUT2D eigenvalue weighted by Crippen LogP contribution is 2.25. The summed E-state index contributed by atoms with van der Waals surface area (Å²) < 4.78 is 5.70. The standard InChI is InChI=1S/C14H22ClNO.C2H2O4/c1-10-8-12(9-11(2)13(10)15)17-7-6-16-14(3,4)5;3-1(4)2(5)6/h8-9,16H,6-7H2,1-5H3;(H,3,4)(H,5,6). The third-order valence-electron chi connectivity index (χ3n) is 2.62. The molecule has 7 heteroatoms. The van der Waals surface area contributed by atoms with Crippen molar-refractivity contribution < 1.29 is 24.5 Å². The van der Waals surface area contributed by atoms with Crippen molar-refractivity contribution in [3.05, 3.63) is 28.3 Å². The Bertz CT molecular complexity index is 517. The molecule has 0 unspecified atom stereocenters. The summed E-state index contributed by atoms with van der Waals surface area (Å²) >= 11 is 6.10. The first-order chi connectivity index (χ1) is 10.4. The van der Waals surface area contributed by atoms with Crippen LogP contribution in [0.5, 0.6) is 5.75 Å². The molecule has 6 nitrogen and oxygen atoms in total. The fraction of sp³-hybridized carbons (Fsp3) is 0.500. The molecule has 1 aromatic carbocycles. The number of hydrogen-bond donors (Lipinski definition) is 3. The number of carboxylic acids is 2. The van der Waals surface area contributed by atoms with E-state index in [0.29, 0.717) is 6.61 Å². The van der Waals surface area contributed by atoms with Gasteiger partial charge in [0.15, 0.2) is 0 Å². The Hall–Kier alpha value is -1.79. The number of halogens is 1. The van der Waals surface area contributed by atoms with Crippen molar-refractivity contribution in [2.24, 2.45) is 0 Å². The molecule has 0 saturated carbocycles. The molecular weight excluding hydrogens is 322 g/mol. The van der Waals surface area contributed by atoms with Gasteiger partial charge in [0.1, 0.15) is 12.4 Å². The molecule has 0 aromatic heterocycles. The highest BCUT2D eigenvalue weighted by Gasteiger charge is 2.08. The molecule has 0 amide bonds. The van der Waals surface area contributed by atoms with Gasteiger partial charge in [0, 0.05) is 17.1 Å². The molecule has 23 heavy (non-hydrogen) atoms. The second-order valence-electron chi connectivity index (χ2n) is 6.01. The van der Waals surface area contributed by atoms with Crippen LogP contribution >= 0.6 is 11.6 Å². The predicted octanol–water partition coefficient (Wildman–Crippen LogP) is 2.88. The zero-order valence-corrected chi connectivity index (χ0v) is 14.8. The molecule has 0 spiro atoms. The summed E-state index contributed by atoms with van der Waals surface area (Å²) in [6, 6.07) is 3.96. The van der Waals surface area contributed by atoms with E-state index < -0.39 is 11.9 Å². The van der Waals surface area contributed by atoms with Crippen LogP contribution in [0, 0.1) is 13.8 Å². The molecule has 1 aromatic rings. The van der Waals surface area contributed by atoms with Crippen molar-refractivity contribution in [3.63, 3.8) is 0 Å². The van der Waals surface area contributed by atoms with Crippen LogP contribution in [0.1, 0.15) is 31.9 Å². The van der Waals surface area contributed by atoms with Gasteiger partial charge in [-0.25, -0.2) is 9.59 Å². The van der Waals surface area contributed by atoms with Gasteiger partial charge in [-0.1, -0.05) is 11.6 Å². The minimum atomic E-state index is -1.82. The average molecular weight is 346 g/mol. The van der Waals surface area contributed by atoms with Gasteiger partial charge in [0.25, 0.3) is 0 Å². The molecule has 0 radical (unpaired) electrons. The summed E-state index contributed by atoms with van der Waals surface area (Å²) in [5, 5.41) is 19.0. The van der Waals surface area contributed by atoms with E-state index in [1.807, 2.05) is 26.0 Å². The number of hydrogen-bond acceptors (Lipinski definition) is 4. The number of nitrogens with one attached hydrogen (secondary N) is 1. The molecular formula is C16H24ClNO5. The first-order valence-corrected chi connectivity index (χ1v) is 7.42. The zero-order valence-electron chi connectivity index (χ0n) is 14.1. The lowest BCUT2D eigenvalue weighted by atomic mass is 10.1. The summed E-state index contributed by atoms with van der Waals surface area (Å²) in [4.78, 5) is 18.2. The van der Waals surface area contributed by atoms with Gasteiger partial charge in [-0.2, -0.15) is 0 Å². The van der Waals surface area contributed by atoms with Crippen LogP contribution in [0.15, 0.2) is 12.1 Å². The van der Waals surface area contributed by atoms with Crippen LogP contribution in [-0.2, 0) is 9.59 Å². The number of rotatable bonds is 4. The summed E-state index contributed by atoms with van der Waals surface area (Å²) in [5.74, 6) is -2.76. The molecule has 0 heterocycles. The molecule has 0 bridgehead atoms. The third kappa shape index (κ3) is 9.76. The van der Waals surface area contributed by atoms with Gasteiger partial charge in [-0.05, 0) is 57.9 Å². The van der Waals surface area contributed by atoms with Crippen LogP contribution in [0.3, 0.4) is 0 Å². The molecule has 3 N–H and O–H groups in total. The zero-order chi connectivity index (χ0) is 18.2. The first kappa shape index (κ1) is 21.2. The molecule has 0 atom stereocenters. The highest BCUT2D eigenvalue weighted by molar-refractivity contribution is 6.32. The Kier molecular flexibility index (Phi) is 8.64. The number of aliphatic carboxylic acids is 2. The number of benzene rings is 1. The second kappa shape index (κ2) is 9.37. The SMILES string of the molecule is Cc1cc(OCCNC(C)(C)C)cc(C)c1Cl.O=C(O)C(=O)O. The van der Waals surface area contributed by atoms with E-state index in [1.54, 1.807) is 0 Å². The summed E-state index contributed by atoms with van der Waals surface area (Å²) in [5.41, 5.74) is 2.26. The van der Waals surface area contributed by atoms with Crippen molar-refractivity contribution in [3.8, 4) is 5.75 Å². The minimum Gasteiger partial charge on any atom is -0.492 e. The largest absolute Gasteiger partial charge is 0.492 e. The van der Waals surface area contributed by atoms with E-state index in [2.05, 4.69) is 26.1 Å². The first-order valence-electron chi connectivity index (χ1n) is 7.05. The quantitative estimate of drug-likeness (QED) is 0.573. The Morgan fingerprint density at radius 3 is 1.91 bits per heavy atom. The maximum absolute atomic E-state index is 9.10. The molecule has 1 rings (SSSR count). The van der Waals surface area contributed by atoms with Gasteiger partial charge in [-0.15, -0.1) is 0 Å². The van der Waals surface area contributed by atoms with Gasteiger partial charge in [0.05, 0.1) is 0 Å². The normalized spacial score (nSPS) is 10.5. The van der Waals surface area contributed by atoms with Crippen LogP contribution in [-0.4, -0.2) is 40.8 Å². The topological polar surface area (TPSA) is 95.9 Å². The van der Waals surface area contributed by atoms with E-state index in [9.17, 15) is 0 Å². The Balaban J connectivity index is 0.000000688. The smallest absolute Gasteiger partial charge is 0.414 e. The van der Waals surface area contributed by atoms with Crippen LogP contribution in [0.25, 0.3) is 0 Å². The maximum Gasteiger partial charge on any atom is 0.414 e. The van der Waals surface area contributed by atoms with E-state index in [1.165, 1.54) is 0 Å². The minimum absolute atomic E-state index is 0.134. The van der Waals surface area contributed by atoms with Gasteiger partial charge in [-0.3, -0.25) is 0 Å². The number of ether oxygens (including phenoxy) is 1. The Labute approximate surface area is 141 Å². The number of carboxylic acid groups (broad SMARTS) is 2. The van der Waals surface area contributed by atoms with E-state index in [4.69, 9.17) is 36.1 Å². The van der Waals surface area contributed by atoms with E-state index in [-0.39, 0.29) is 5.54 Å². The fourth-order valence-electron chi connectivity index (χ4n) is 1.58. The maximum atomic E-state index is 9.10. The number of carbonyl (C=O) groups is 2. The van der Waals surface area contributed by atoms with Gasteiger partial charge in [0.2, 0.25) is 0 Å². The predicted molar refractivity (Wildman–Crippen MR) is 89.4 cm³/mol. The lowest BCUT2D eigenvalue weighted by molar-refractivity contribution is -0.159. The van der Waals surface area contributed by atoms with Crippen molar-refractivity contribution in [2.75, 3.05) is 13.2 Å². The summed E-state index contributed by atoms with van der Waals surface area (Å²) in [6.45, 7) is 11.9. The molecule has 130 valence electrons. The van der Waals surface area contributed by atoms with Crippen molar-refractivity contribution in [1.82, 2.24) is 5.32 Å². The molecule has 0 aliphatic carbocycles. The fourth-order valence-corrected chi connectivity index (χ4v) is 1.69. The number of aryl methyl sites for hydroxylation is 2. The monoisotopic (exact) mass is 345 g/mol. The molecule has 0 aliphatic rings. The lowest BCUT2D eigenvalue weighted by Gasteiger charge is -2.20. The van der Waals surface area contributed by atoms with Crippen molar-refractivity contribution in [2.45, 2.75) is 40.2 Å². The lowest BCUT2D eigenvalue weighted by Crippen LogP contribution is -2.38. The third-order valence-corrected chi connectivity index (χ3v) is 3.22. The molecule has 0 aliphatic heterocycles. The van der Waals surface area contributed by atoms with Crippen LogP contribution in [0.4, 0.5) is 0 Å².